The van der Waals surface area contributed by atoms with Crippen LogP contribution < -0.4 is 16.0 Å². The van der Waals surface area contributed by atoms with Gasteiger partial charge in [-0.15, -0.1) is 0 Å². The van der Waals surface area contributed by atoms with E-state index in [1.54, 1.807) is 17.0 Å². The molecule has 1 heterocycles. The molecule has 3 N–H and O–H groups in total. The van der Waals surface area contributed by atoms with E-state index >= 15 is 0 Å². The minimum Gasteiger partial charge on any atom is -0.377 e. The lowest BCUT2D eigenvalue weighted by Crippen LogP contribution is -2.54. The van der Waals surface area contributed by atoms with Gasteiger partial charge in [0.25, 0.3) is 0 Å². The largest absolute Gasteiger partial charge is 0.377 e. The van der Waals surface area contributed by atoms with Crippen LogP contribution in [0.4, 0.5) is 10.1 Å². The first-order valence-corrected chi connectivity index (χ1v) is 7.32. The van der Waals surface area contributed by atoms with Gasteiger partial charge in [0.15, 0.2) is 0 Å². The molecular weight excluding hydrogens is 273 g/mol. The third-order valence-corrected chi connectivity index (χ3v) is 3.91. The molecule has 2 aliphatic rings. The van der Waals surface area contributed by atoms with Gasteiger partial charge < -0.3 is 20.7 Å². The molecule has 3 rings (SSSR count). The van der Waals surface area contributed by atoms with Gasteiger partial charge >= 0.3 is 0 Å². The summed E-state index contributed by atoms with van der Waals surface area (Å²) in [4.78, 5) is 14.1. The number of nitrogens with two attached hydrogens (primary N) is 1. The van der Waals surface area contributed by atoms with Gasteiger partial charge in [0.05, 0.1) is 18.9 Å². The summed E-state index contributed by atoms with van der Waals surface area (Å²) in [6.45, 7) is 1.58. The van der Waals surface area contributed by atoms with E-state index in [0.29, 0.717) is 25.4 Å². The first-order valence-electron chi connectivity index (χ1n) is 7.32. The molecule has 1 saturated heterocycles. The highest BCUT2D eigenvalue weighted by atomic mass is 19.1. The fourth-order valence-electron chi connectivity index (χ4n) is 2.54. The SMILES string of the molecule is NCc1ccc(N2CCOCC2C(=O)NC2CC2)c(F)c1. The quantitative estimate of drug-likeness (QED) is 0.860. The number of nitrogens with zero attached hydrogens (tertiary/aromatic N) is 1. The molecule has 114 valence electrons. The molecule has 1 aromatic carbocycles. The Balaban J connectivity index is 1.81. The molecule has 1 atom stereocenters. The number of halogens is 1. The van der Waals surface area contributed by atoms with Crippen LogP contribution in [0, 0.1) is 5.82 Å². The van der Waals surface area contributed by atoms with Gasteiger partial charge in [0.2, 0.25) is 5.91 Å². The van der Waals surface area contributed by atoms with Gasteiger partial charge in [-0.1, -0.05) is 6.07 Å². The molecule has 21 heavy (non-hydrogen) atoms. The summed E-state index contributed by atoms with van der Waals surface area (Å²) in [5, 5.41) is 2.96. The molecule has 5 nitrogen and oxygen atoms in total. The fraction of sp³-hybridized carbons (Fsp3) is 0.533. The number of nitrogens with one attached hydrogen (secondary N) is 1. The average molecular weight is 293 g/mol. The van der Waals surface area contributed by atoms with E-state index < -0.39 is 6.04 Å². The van der Waals surface area contributed by atoms with Crippen LogP contribution in [0.15, 0.2) is 18.2 Å². The summed E-state index contributed by atoms with van der Waals surface area (Å²) in [6.07, 6.45) is 2.05. The second-order valence-electron chi connectivity index (χ2n) is 5.56. The predicted octanol–water partition coefficient (Wildman–Crippen LogP) is 0.768. The zero-order valence-corrected chi connectivity index (χ0v) is 11.8. The molecule has 0 spiro atoms. The van der Waals surface area contributed by atoms with E-state index in [1.165, 1.54) is 6.07 Å². The standard InChI is InChI=1S/C15H20FN3O2/c16-12-7-10(8-17)1-4-13(12)19-5-6-21-9-14(19)15(20)18-11-2-3-11/h1,4,7,11,14H,2-3,5-6,8-9,17H2,(H,18,20). The number of rotatable bonds is 4. The van der Waals surface area contributed by atoms with Crippen LogP contribution in [0.1, 0.15) is 18.4 Å². The number of hydrogen-bond donors (Lipinski definition) is 2. The molecule has 2 fully saturated rings. The first kappa shape index (κ1) is 14.3. The number of amides is 1. The molecule has 1 saturated carbocycles. The number of carbonyl (C=O) groups is 1. The van der Waals surface area contributed by atoms with Crippen LogP contribution in [0.5, 0.6) is 0 Å². The van der Waals surface area contributed by atoms with Crippen molar-refractivity contribution in [2.75, 3.05) is 24.7 Å². The molecule has 1 amide bonds. The number of ether oxygens (including phenoxy) is 1. The summed E-state index contributed by atoms with van der Waals surface area (Å²) in [7, 11) is 0. The number of hydrogen-bond acceptors (Lipinski definition) is 4. The van der Waals surface area contributed by atoms with Crippen molar-refractivity contribution in [1.29, 1.82) is 0 Å². The molecular formula is C15H20FN3O2. The van der Waals surface area contributed by atoms with E-state index in [9.17, 15) is 9.18 Å². The highest BCUT2D eigenvalue weighted by Gasteiger charge is 2.34. The van der Waals surface area contributed by atoms with Crippen molar-refractivity contribution >= 4 is 11.6 Å². The minimum atomic E-state index is -0.474. The Morgan fingerprint density at radius 3 is 2.95 bits per heavy atom. The first-order chi connectivity index (χ1) is 10.2. The van der Waals surface area contributed by atoms with E-state index in [-0.39, 0.29) is 24.4 Å². The molecule has 1 aliphatic carbocycles. The summed E-state index contributed by atoms with van der Waals surface area (Å²) < 4.78 is 19.7. The Morgan fingerprint density at radius 2 is 2.29 bits per heavy atom. The molecule has 1 unspecified atom stereocenters. The number of morpholine rings is 1. The molecule has 6 heteroatoms. The second kappa shape index (κ2) is 5.99. The maximum atomic E-state index is 14.3. The summed E-state index contributed by atoms with van der Waals surface area (Å²) >= 11 is 0. The summed E-state index contributed by atoms with van der Waals surface area (Å²) in [6, 6.07) is 4.73. The average Bonchev–Trinajstić information content (AvgIpc) is 3.31. The van der Waals surface area contributed by atoms with E-state index in [2.05, 4.69) is 5.32 Å². The van der Waals surface area contributed by atoms with Crippen molar-refractivity contribution in [3.05, 3.63) is 29.6 Å². The lowest BCUT2D eigenvalue weighted by atomic mass is 10.1. The van der Waals surface area contributed by atoms with Crippen LogP contribution in [0.25, 0.3) is 0 Å². The van der Waals surface area contributed by atoms with Gasteiger partial charge in [-0.25, -0.2) is 4.39 Å². The normalized spacial score (nSPS) is 22.2. The minimum absolute atomic E-state index is 0.0838. The Labute approximate surface area is 123 Å². The van der Waals surface area contributed by atoms with Crippen molar-refractivity contribution in [3.8, 4) is 0 Å². The molecule has 0 radical (unpaired) electrons. The molecule has 1 aromatic rings. The van der Waals surface area contributed by atoms with Crippen molar-refractivity contribution in [3.63, 3.8) is 0 Å². The Hall–Kier alpha value is -1.66. The smallest absolute Gasteiger partial charge is 0.245 e. The Kier molecular flexibility index (Phi) is 4.07. The fourth-order valence-corrected chi connectivity index (χ4v) is 2.54. The van der Waals surface area contributed by atoms with E-state index in [0.717, 1.165) is 18.4 Å². The molecule has 0 aromatic heterocycles. The predicted molar refractivity (Wildman–Crippen MR) is 77.4 cm³/mol. The maximum Gasteiger partial charge on any atom is 0.245 e. The zero-order chi connectivity index (χ0) is 14.8. The number of carbonyl (C=O) groups excluding carboxylic acids is 1. The number of anilines is 1. The second-order valence-corrected chi connectivity index (χ2v) is 5.56. The van der Waals surface area contributed by atoms with Gasteiger partial charge in [-0.3, -0.25) is 4.79 Å². The van der Waals surface area contributed by atoms with Crippen molar-refractivity contribution < 1.29 is 13.9 Å². The lowest BCUT2D eigenvalue weighted by Gasteiger charge is -2.36. The van der Waals surface area contributed by atoms with E-state index in [1.807, 2.05) is 0 Å². The molecule has 0 bridgehead atoms. The van der Waals surface area contributed by atoms with Crippen molar-refractivity contribution in [2.45, 2.75) is 31.5 Å². The van der Waals surface area contributed by atoms with Crippen molar-refractivity contribution in [2.24, 2.45) is 5.73 Å². The highest BCUT2D eigenvalue weighted by Crippen LogP contribution is 2.25. The summed E-state index contributed by atoms with van der Waals surface area (Å²) in [5.74, 6) is -0.427. The van der Waals surface area contributed by atoms with Crippen LogP contribution in [-0.4, -0.2) is 37.7 Å². The van der Waals surface area contributed by atoms with Gasteiger partial charge in [0, 0.05) is 19.1 Å². The van der Waals surface area contributed by atoms with Crippen LogP contribution >= 0.6 is 0 Å². The monoisotopic (exact) mass is 293 g/mol. The van der Waals surface area contributed by atoms with Crippen LogP contribution in [-0.2, 0) is 16.1 Å². The van der Waals surface area contributed by atoms with Crippen molar-refractivity contribution in [1.82, 2.24) is 5.32 Å². The van der Waals surface area contributed by atoms with Gasteiger partial charge in [-0.05, 0) is 30.5 Å². The van der Waals surface area contributed by atoms with Crippen LogP contribution in [0.3, 0.4) is 0 Å². The Morgan fingerprint density at radius 1 is 1.48 bits per heavy atom. The highest BCUT2D eigenvalue weighted by molar-refractivity contribution is 5.86. The van der Waals surface area contributed by atoms with Crippen LogP contribution in [0.2, 0.25) is 0 Å². The zero-order valence-electron chi connectivity index (χ0n) is 11.8. The Bertz CT molecular complexity index is 534. The maximum absolute atomic E-state index is 14.3. The topological polar surface area (TPSA) is 67.6 Å². The third-order valence-electron chi connectivity index (χ3n) is 3.91. The van der Waals surface area contributed by atoms with Gasteiger partial charge in [-0.2, -0.15) is 0 Å². The third kappa shape index (κ3) is 3.16. The van der Waals surface area contributed by atoms with Gasteiger partial charge in [0.1, 0.15) is 11.9 Å². The summed E-state index contributed by atoms with van der Waals surface area (Å²) in [5.41, 5.74) is 6.70. The lowest BCUT2D eigenvalue weighted by molar-refractivity contribution is -0.124. The molecule has 1 aliphatic heterocycles. The van der Waals surface area contributed by atoms with E-state index in [4.69, 9.17) is 10.5 Å². The number of benzene rings is 1.